The van der Waals surface area contributed by atoms with Gasteiger partial charge in [0, 0.05) is 11.8 Å². The van der Waals surface area contributed by atoms with Crippen LogP contribution in [0.1, 0.15) is 16.6 Å². The predicted molar refractivity (Wildman–Crippen MR) is 64.1 cm³/mol. The Labute approximate surface area is 97.7 Å². The molecule has 0 saturated heterocycles. The van der Waals surface area contributed by atoms with Crippen molar-refractivity contribution in [2.24, 2.45) is 0 Å². The van der Waals surface area contributed by atoms with Gasteiger partial charge >= 0.3 is 0 Å². The first-order valence-corrected chi connectivity index (χ1v) is 5.79. The molecule has 0 bridgehead atoms. The second-order valence-electron chi connectivity index (χ2n) is 3.15. The molecular formula is C12H11NO2S. The number of benzene rings is 1. The van der Waals surface area contributed by atoms with Crippen molar-refractivity contribution >= 4 is 17.6 Å². The number of ether oxygens (including phenoxy) is 1. The van der Waals surface area contributed by atoms with Crippen LogP contribution in [0.15, 0.2) is 30.5 Å². The zero-order valence-corrected chi connectivity index (χ0v) is 9.66. The molecule has 82 valence electrons. The first-order valence-electron chi connectivity index (χ1n) is 4.97. The van der Waals surface area contributed by atoms with Crippen LogP contribution < -0.4 is 4.74 Å². The Morgan fingerprint density at radius 3 is 3.06 bits per heavy atom. The van der Waals surface area contributed by atoms with Crippen LogP contribution >= 0.6 is 11.3 Å². The van der Waals surface area contributed by atoms with Crippen molar-refractivity contribution in [1.29, 1.82) is 0 Å². The molecule has 4 heteroatoms. The quantitative estimate of drug-likeness (QED) is 0.762. The molecule has 1 aromatic heterocycles. The average molecular weight is 233 g/mol. The lowest BCUT2D eigenvalue weighted by Gasteiger charge is -2.03. The van der Waals surface area contributed by atoms with Crippen LogP contribution in [-0.4, -0.2) is 17.9 Å². The Morgan fingerprint density at radius 2 is 2.38 bits per heavy atom. The monoisotopic (exact) mass is 233 g/mol. The summed E-state index contributed by atoms with van der Waals surface area (Å²) in [4.78, 5) is 15.4. The van der Waals surface area contributed by atoms with Gasteiger partial charge in [0.25, 0.3) is 0 Å². The first-order chi connectivity index (χ1) is 7.83. The number of hydrogen-bond acceptors (Lipinski definition) is 4. The third-order valence-electron chi connectivity index (χ3n) is 2.03. The average Bonchev–Trinajstić information content (AvgIpc) is 2.78. The molecule has 0 saturated carbocycles. The maximum atomic E-state index is 10.6. The summed E-state index contributed by atoms with van der Waals surface area (Å²) in [6.07, 6.45) is 2.40. The minimum atomic E-state index is 0.636. The highest BCUT2D eigenvalue weighted by molar-refractivity contribution is 7.16. The van der Waals surface area contributed by atoms with Crippen LogP contribution in [0.5, 0.6) is 5.75 Å². The van der Waals surface area contributed by atoms with Gasteiger partial charge in [-0.05, 0) is 19.1 Å². The topological polar surface area (TPSA) is 39.2 Å². The second kappa shape index (κ2) is 4.90. The van der Waals surface area contributed by atoms with Gasteiger partial charge in [-0.1, -0.05) is 12.1 Å². The van der Waals surface area contributed by atoms with E-state index >= 15 is 0 Å². The molecule has 16 heavy (non-hydrogen) atoms. The normalized spacial score (nSPS) is 10.1. The second-order valence-corrected chi connectivity index (χ2v) is 4.21. The molecule has 0 fully saturated rings. The Bertz CT molecular complexity index is 493. The van der Waals surface area contributed by atoms with Crippen molar-refractivity contribution in [3.05, 3.63) is 35.3 Å². The standard InChI is InChI=1S/C12H11NO2S/c1-2-15-10-5-3-4-9(6-10)12-13-7-11(8-14)16-12/h3-8H,2H2,1H3. The number of carbonyl (C=O) groups is 1. The lowest BCUT2D eigenvalue weighted by atomic mass is 10.2. The number of carbonyl (C=O) groups excluding carboxylic acids is 1. The van der Waals surface area contributed by atoms with E-state index in [4.69, 9.17) is 4.74 Å². The highest BCUT2D eigenvalue weighted by atomic mass is 32.1. The van der Waals surface area contributed by atoms with Crippen molar-refractivity contribution in [3.8, 4) is 16.3 Å². The molecule has 1 heterocycles. The van der Waals surface area contributed by atoms with Gasteiger partial charge in [-0.3, -0.25) is 4.79 Å². The van der Waals surface area contributed by atoms with E-state index < -0.39 is 0 Å². The third kappa shape index (κ3) is 2.28. The Hall–Kier alpha value is -1.68. The first kappa shape index (κ1) is 10.8. The summed E-state index contributed by atoms with van der Waals surface area (Å²) in [5.41, 5.74) is 0.976. The summed E-state index contributed by atoms with van der Waals surface area (Å²) in [6.45, 7) is 2.58. The maximum Gasteiger partial charge on any atom is 0.161 e. The van der Waals surface area contributed by atoms with Gasteiger partial charge in [0.15, 0.2) is 6.29 Å². The van der Waals surface area contributed by atoms with Gasteiger partial charge < -0.3 is 4.74 Å². The summed E-state index contributed by atoms with van der Waals surface area (Å²) < 4.78 is 5.41. The van der Waals surface area contributed by atoms with E-state index in [0.29, 0.717) is 11.5 Å². The zero-order valence-electron chi connectivity index (χ0n) is 8.84. The van der Waals surface area contributed by atoms with Crippen LogP contribution in [0.4, 0.5) is 0 Å². The summed E-state index contributed by atoms with van der Waals surface area (Å²) in [7, 11) is 0. The zero-order chi connectivity index (χ0) is 11.4. The van der Waals surface area contributed by atoms with Crippen molar-refractivity contribution in [3.63, 3.8) is 0 Å². The van der Waals surface area contributed by atoms with Gasteiger partial charge in [-0.25, -0.2) is 4.98 Å². The molecule has 0 aliphatic rings. The fourth-order valence-electron chi connectivity index (χ4n) is 1.36. The molecular weight excluding hydrogens is 222 g/mol. The number of thiazole rings is 1. The largest absolute Gasteiger partial charge is 0.494 e. The Kier molecular flexibility index (Phi) is 3.31. The maximum absolute atomic E-state index is 10.6. The van der Waals surface area contributed by atoms with Crippen molar-refractivity contribution in [1.82, 2.24) is 4.98 Å². The van der Waals surface area contributed by atoms with Crippen LogP contribution in [-0.2, 0) is 0 Å². The van der Waals surface area contributed by atoms with E-state index in [-0.39, 0.29) is 0 Å². The lowest BCUT2D eigenvalue weighted by Crippen LogP contribution is -1.90. The molecule has 3 nitrogen and oxygen atoms in total. The SMILES string of the molecule is CCOc1cccc(-c2ncc(C=O)s2)c1. The number of aldehydes is 1. The van der Waals surface area contributed by atoms with E-state index in [2.05, 4.69) is 4.98 Å². The summed E-state index contributed by atoms with van der Waals surface area (Å²) in [5.74, 6) is 0.822. The predicted octanol–water partition coefficient (Wildman–Crippen LogP) is 3.02. The molecule has 0 radical (unpaired) electrons. The van der Waals surface area contributed by atoms with E-state index in [0.717, 1.165) is 22.6 Å². The Morgan fingerprint density at radius 1 is 1.50 bits per heavy atom. The van der Waals surface area contributed by atoms with E-state index in [1.165, 1.54) is 11.3 Å². The van der Waals surface area contributed by atoms with Crippen LogP contribution in [0, 0.1) is 0 Å². The Balaban J connectivity index is 2.32. The molecule has 0 N–H and O–H groups in total. The highest BCUT2D eigenvalue weighted by Crippen LogP contribution is 2.27. The van der Waals surface area contributed by atoms with Crippen LogP contribution in [0.3, 0.4) is 0 Å². The molecule has 0 spiro atoms. The van der Waals surface area contributed by atoms with Crippen molar-refractivity contribution in [2.45, 2.75) is 6.92 Å². The minimum Gasteiger partial charge on any atom is -0.494 e. The molecule has 1 aromatic carbocycles. The molecule has 2 aromatic rings. The number of hydrogen-bond donors (Lipinski definition) is 0. The van der Waals surface area contributed by atoms with Crippen molar-refractivity contribution in [2.75, 3.05) is 6.61 Å². The lowest BCUT2D eigenvalue weighted by molar-refractivity contribution is 0.112. The van der Waals surface area contributed by atoms with E-state index in [1.807, 2.05) is 31.2 Å². The molecule has 0 unspecified atom stereocenters. The smallest absolute Gasteiger partial charge is 0.161 e. The van der Waals surface area contributed by atoms with Crippen LogP contribution in [0.25, 0.3) is 10.6 Å². The minimum absolute atomic E-state index is 0.636. The number of aromatic nitrogens is 1. The molecule has 0 amide bonds. The van der Waals surface area contributed by atoms with Crippen molar-refractivity contribution < 1.29 is 9.53 Å². The highest BCUT2D eigenvalue weighted by Gasteiger charge is 2.04. The fraction of sp³-hybridized carbons (Fsp3) is 0.167. The number of nitrogens with zero attached hydrogens (tertiary/aromatic N) is 1. The fourth-order valence-corrected chi connectivity index (χ4v) is 2.09. The van der Waals surface area contributed by atoms with Gasteiger partial charge in [-0.15, -0.1) is 11.3 Å². The number of rotatable bonds is 4. The third-order valence-corrected chi connectivity index (χ3v) is 3.00. The molecule has 0 aliphatic heterocycles. The molecule has 0 atom stereocenters. The van der Waals surface area contributed by atoms with E-state index in [9.17, 15) is 4.79 Å². The van der Waals surface area contributed by atoms with Gasteiger partial charge in [-0.2, -0.15) is 0 Å². The van der Waals surface area contributed by atoms with Gasteiger partial charge in [0.1, 0.15) is 10.8 Å². The summed E-state index contributed by atoms with van der Waals surface area (Å²) in [6, 6.07) is 7.70. The summed E-state index contributed by atoms with van der Waals surface area (Å²) >= 11 is 1.38. The molecule has 2 rings (SSSR count). The summed E-state index contributed by atoms with van der Waals surface area (Å²) in [5, 5.41) is 0.837. The van der Waals surface area contributed by atoms with E-state index in [1.54, 1.807) is 6.20 Å². The molecule has 0 aliphatic carbocycles. The van der Waals surface area contributed by atoms with Crippen LogP contribution in [0.2, 0.25) is 0 Å². The van der Waals surface area contributed by atoms with Gasteiger partial charge in [0.05, 0.1) is 11.5 Å². The van der Waals surface area contributed by atoms with Gasteiger partial charge in [0.2, 0.25) is 0 Å².